The van der Waals surface area contributed by atoms with Crippen molar-refractivity contribution in [3.05, 3.63) is 22.6 Å². The van der Waals surface area contributed by atoms with Crippen molar-refractivity contribution in [2.45, 2.75) is 19.3 Å². The van der Waals surface area contributed by atoms with Gasteiger partial charge in [0.05, 0.1) is 0 Å². The fourth-order valence-corrected chi connectivity index (χ4v) is 1.63. The molecular formula is C9H9BrO2. The van der Waals surface area contributed by atoms with Crippen LogP contribution in [-0.4, -0.2) is 6.29 Å². The van der Waals surface area contributed by atoms with Crippen molar-refractivity contribution < 1.29 is 9.21 Å². The normalized spacial score (nSPS) is 19.1. The highest BCUT2D eigenvalue weighted by Gasteiger charge is 2.43. The van der Waals surface area contributed by atoms with Crippen LogP contribution in [0.1, 0.15) is 18.6 Å². The third kappa shape index (κ3) is 1.46. The van der Waals surface area contributed by atoms with Gasteiger partial charge < -0.3 is 9.21 Å². The molecular weight excluding hydrogens is 220 g/mol. The summed E-state index contributed by atoms with van der Waals surface area (Å²) in [5.74, 6) is 0.895. The van der Waals surface area contributed by atoms with Crippen molar-refractivity contribution in [2.75, 3.05) is 0 Å². The van der Waals surface area contributed by atoms with Crippen molar-refractivity contribution in [3.63, 3.8) is 0 Å². The first-order valence-corrected chi connectivity index (χ1v) is 4.74. The Morgan fingerprint density at radius 1 is 1.58 bits per heavy atom. The second-order valence-corrected chi connectivity index (χ2v) is 4.14. The van der Waals surface area contributed by atoms with Gasteiger partial charge in [-0.25, -0.2) is 0 Å². The zero-order valence-electron chi connectivity index (χ0n) is 6.55. The lowest BCUT2D eigenvalue weighted by atomic mass is 10.0. The average Bonchev–Trinajstić information content (AvgIpc) is 2.71. The summed E-state index contributed by atoms with van der Waals surface area (Å²) >= 11 is 3.23. The minimum atomic E-state index is -0.0860. The Morgan fingerprint density at radius 2 is 2.33 bits per heavy atom. The molecule has 2 rings (SSSR count). The van der Waals surface area contributed by atoms with E-state index in [1.807, 2.05) is 12.1 Å². The lowest BCUT2D eigenvalue weighted by molar-refractivity contribution is -0.112. The number of hydrogen-bond donors (Lipinski definition) is 0. The molecule has 1 aliphatic rings. The topological polar surface area (TPSA) is 30.2 Å². The first-order valence-electron chi connectivity index (χ1n) is 3.95. The van der Waals surface area contributed by atoms with Crippen LogP contribution in [0, 0.1) is 5.41 Å². The zero-order valence-corrected chi connectivity index (χ0v) is 8.13. The number of carbonyl (C=O) groups excluding carboxylic acids is 1. The maximum atomic E-state index is 10.6. The third-order valence-corrected chi connectivity index (χ3v) is 2.72. The highest BCUT2D eigenvalue weighted by Crippen LogP contribution is 2.46. The predicted molar refractivity (Wildman–Crippen MR) is 47.8 cm³/mol. The minimum Gasteiger partial charge on any atom is -0.454 e. The molecule has 0 N–H and O–H groups in total. The van der Waals surface area contributed by atoms with E-state index in [0.29, 0.717) is 0 Å². The van der Waals surface area contributed by atoms with Crippen LogP contribution in [-0.2, 0) is 11.2 Å². The van der Waals surface area contributed by atoms with Crippen LogP contribution in [0.4, 0.5) is 0 Å². The molecule has 1 aromatic heterocycles. The highest BCUT2D eigenvalue weighted by atomic mass is 79.9. The van der Waals surface area contributed by atoms with Gasteiger partial charge in [0.15, 0.2) is 4.67 Å². The first-order chi connectivity index (χ1) is 5.74. The second-order valence-electron chi connectivity index (χ2n) is 3.36. The molecule has 0 amide bonds. The van der Waals surface area contributed by atoms with Crippen molar-refractivity contribution in [2.24, 2.45) is 5.41 Å². The lowest BCUT2D eigenvalue weighted by Gasteiger charge is -2.01. The largest absolute Gasteiger partial charge is 0.454 e. The molecule has 0 unspecified atom stereocenters. The highest BCUT2D eigenvalue weighted by molar-refractivity contribution is 9.10. The van der Waals surface area contributed by atoms with Crippen molar-refractivity contribution in [1.29, 1.82) is 0 Å². The van der Waals surface area contributed by atoms with Crippen LogP contribution in [0.3, 0.4) is 0 Å². The van der Waals surface area contributed by atoms with E-state index in [-0.39, 0.29) is 5.41 Å². The van der Waals surface area contributed by atoms with Crippen molar-refractivity contribution in [3.8, 4) is 0 Å². The average molecular weight is 229 g/mol. The number of hydrogen-bond acceptors (Lipinski definition) is 2. The number of furan rings is 1. The number of aldehydes is 1. The maximum absolute atomic E-state index is 10.6. The third-order valence-electron chi connectivity index (χ3n) is 2.30. The summed E-state index contributed by atoms with van der Waals surface area (Å²) in [6.07, 6.45) is 3.83. The van der Waals surface area contributed by atoms with E-state index in [4.69, 9.17) is 4.42 Å². The molecule has 12 heavy (non-hydrogen) atoms. The minimum absolute atomic E-state index is 0.0860. The second kappa shape index (κ2) is 2.73. The summed E-state index contributed by atoms with van der Waals surface area (Å²) in [4.78, 5) is 10.6. The van der Waals surface area contributed by atoms with Crippen molar-refractivity contribution >= 4 is 22.2 Å². The summed E-state index contributed by atoms with van der Waals surface area (Å²) < 4.78 is 6.05. The van der Waals surface area contributed by atoms with Gasteiger partial charge in [-0.3, -0.25) is 0 Å². The molecule has 2 nitrogen and oxygen atoms in total. The molecule has 0 radical (unpaired) electrons. The van der Waals surface area contributed by atoms with Crippen LogP contribution in [0.15, 0.2) is 21.2 Å². The molecule has 1 heterocycles. The lowest BCUT2D eigenvalue weighted by Crippen LogP contribution is -2.04. The molecule has 1 saturated carbocycles. The summed E-state index contributed by atoms with van der Waals surface area (Å²) in [6.45, 7) is 0. The van der Waals surface area contributed by atoms with Crippen LogP contribution < -0.4 is 0 Å². The number of rotatable bonds is 3. The molecule has 1 aromatic rings. The van der Waals surface area contributed by atoms with Crippen LogP contribution >= 0.6 is 15.9 Å². The SMILES string of the molecule is O=CC1(Cc2ccc(Br)o2)CC1. The van der Waals surface area contributed by atoms with Gasteiger partial charge in [-0.2, -0.15) is 0 Å². The van der Waals surface area contributed by atoms with E-state index in [2.05, 4.69) is 15.9 Å². The Hall–Kier alpha value is -0.570. The van der Waals surface area contributed by atoms with Crippen LogP contribution in [0.5, 0.6) is 0 Å². The van der Waals surface area contributed by atoms with Gasteiger partial charge in [0.25, 0.3) is 0 Å². The van der Waals surface area contributed by atoms with Gasteiger partial charge in [-0.15, -0.1) is 0 Å². The maximum Gasteiger partial charge on any atom is 0.169 e. The Morgan fingerprint density at radius 3 is 2.75 bits per heavy atom. The quantitative estimate of drug-likeness (QED) is 0.745. The van der Waals surface area contributed by atoms with Gasteiger partial charge >= 0.3 is 0 Å². The molecule has 3 heteroatoms. The van der Waals surface area contributed by atoms with Crippen molar-refractivity contribution in [1.82, 2.24) is 0 Å². The molecule has 0 saturated heterocycles. The Balaban J connectivity index is 2.08. The van der Waals surface area contributed by atoms with Crippen LogP contribution in [0.25, 0.3) is 0 Å². The van der Waals surface area contributed by atoms with Gasteiger partial charge in [-0.05, 0) is 40.9 Å². The Labute approximate surface area is 79.1 Å². The summed E-state index contributed by atoms with van der Waals surface area (Å²) in [7, 11) is 0. The first kappa shape index (κ1) is 8.05. The summed E-state index contributed by atoms with van der Waals surface area (Å²) in [5, 5.41) is 0. The molecule has 64 valence electrons. The molecule has 1 fully saturated rings. The smallest absolute Gasteiger partial charge is 0.169 e. The van der Waals surface area contributed by atoms with Gasteiger partial charge in [0, 0.05) is 11.8 Å². The Kier molecular flexibility index (Phi) is 1.83. The molecule has 0 aliphatic heterocycles. The molecule has 0 spiro atoms. The molecule has 0 bridgehead atoms. The van der Waals surface area contributed by atoms with Gasteiger partial charge in [0.2, 0.25) is 0 Å². The predicted octanol–water partition coefficient (Wildman–Crippen LogP) is 2.56. The van der Waals surface area contributed by atoms with Crippen LogP contribution in [0.2, 0.25) is 0 Å². The number of halogens is 1. The van der Waals surface area contributed by atoms with Gasteiger partial charge in [0.1, 0.15) is 12.0 Å². The van der Waals surface area contributed by atoms with E-state index in [9.17, 15) is 4.79 Å². The number of carbonyl (C=O) groups is 1. The molecule has 0 aromatic carbocycles. The monoisotopic (exact) mass is 228 g/mol. The van der Waals surface area contributed by atoms with E-state index >= 15 is 0 Å². The molecule has 0 atom stereocenters. The van der Waals surface area contributed by atoms with E-state index in [0.717, 1.165) is 36.0 Å². The van der Waals surface area contributed by atoms with E-state index in [1.165, 1.54) is 0 Å². The Bertz CT molecular complexity index is 299. The summed E-state index contributed by atoms with van der Waals surface area (Å²) in [5.41, 5.74) is -0.0860. The standard InChI is InChI=1S/C9H9BrO2/c10-8-2-1-7(12-8)5-9(6-11)3-4-9/h1-2,6H,3-5H2. The molecule has 1 aliphatic carbocycles. The van der Waals surface area contributed by atoms with Gasteiger partial charge in [-0.1, -0.05) is 0 Å². The fourth-order valence-electron chi connectivity index (χ4n) is 1.29. The fraction of sp³-hybridized carbons (Fsp3) is 0.444. The zero-order chi connectivity index (χ0) is 8.60. The summed E-state index contributed by atoms with van der Waals surface area (Å²) in [6, 6.07) is 3.77. The van der Waals surface area contributed by atoms with E-state index in [1.54, 1.807) is 0 Å². The van der Waals surface area contributed by atoms with E-state index < -0.39 is 0 Å².